The van der Waals surface area contributed by atoms with Crippen molar-refractivity contribution >= 4 is 11.5 Å². The largest absolute Gasteiger partial charge is 0.397 e. The molecular formula is C13H22N4O. The second-order valence-corrected chi connectivity index (χ2v) is 4.67. The van der Waals surface area contributed by atoms with Crippen LogP contribution in [0, 0.1) is 6.92 Å². The summed E-state index contributed by atoms with van der Waals surface area (Å²) in [6.45, 7) is 7.92. The molecule has 1 fully saturated rings. The van der Waals surface area contributed by atoms with Gasteiger partial charge in [-0.05, 0) is 31.5 Å². The lowest BCUT2D eigenvalue weighted by Gasteiger charge is -2.26. The molecule has 18 heavy (non-hydrogen) atoms. The Morgan fingerprint density at radius 3 is 2.94 bits per heavy atom. The molecule has 0 unspecified atom stereocenters. The van der Waals surface area contributed by atoms with E-state index in [1.54, 1.807) is 6.20 Å². The summed E-state index contributed by atoms with van der Waals surface area (Å²) in [6, 6.07) is 1.94. The Balaban J connectivity index is 1.68. The summed E-state index contributed by atoms with van der Waals surface area (Å²) < 4.78 is 5.32. The van der Waals surface area contributed by atoms with Crippen molar-refractivity contribution in [1.29, 1.82) is 0 Å². The molecule has 5 heteroatoms. The quantitative estimate of drug-likeness (QED) is 0.766. The van der Waals surface area contributed by atoms with Crippen molar-refractivity contribution in [3.8, 4) is 0 Å². The van der Waals surface area contributed by atoms with Gasteiger partial charge < -0.3 is 15.8 Å². The van der Waals surface area contributed by atoms with Gasteiger partial charge in [0.05, 0.1) is 25.1 Å². The predicted molar refractivity (Wildman–Crippen MR) is 73.8 cm³/mol. The van der Waals surface area contributed by atoms with E-state index in [0.29, 0.717) is 5.69 Å². The Morgan fingerprint density at radius 1 is 1.44 bits per heavy atom. The molecule has 0 atom stereocenters. The van der Waals surface area contributed by atoms with Crippen LogP contribution in [0.25, 0.3) is 0 Å². The van der Waals surface area contributed by atoms with Gasteiger partial charge in [0, 0.05) is 19.6 Å². The third-order valence-corrected chi connectivity index (χ3v) is 3.15. The van der Waals surface area contributed by atoms with E-state index in [9.17, 15) is 0 Å². The van der Waals surface area contributed by atoms with E-state index in [-0.39, 0.29) is 0 Å². The van der Waals surface area contributed by atoms with Gasteiger partial charge in [-0.2, -0.15) is 0 Å². The summed E-state index contributed by atoms with van der Waals surface area (Å²) in [5.41, 5.74) is 7.48. The highest BCUT2D eigenvalue weighted by Gasteiger charge is 2.09. The number of rotatable bonds is 5. The average Bonchev–Trinajstić information content (AvgIpc) is 2.38. The molecule has 1 aromatic heterocycles. The number of anilines is 2. The van der Waals surface area contributed by atoms with Crippen LogP contribution in [0.5, 0.6) is 0 Å². The van der Waals surface area contributed by atoms with Gasteiger partial charge in [0.1, 0.15) is 5.82 Å². The van der Waals surface area contributed by atoms with Crippen LogP contribution in [0.1, 0.15) is 12.0 Å². The van der Waals surface area contributed by atoms with Crippen molar-refractivity contribution in [2.45, 2.75) is 13.3 Å². The number of aryl methyl sites for hydroxylation is 1. The summed E-state index contributed by atoms with van der Waals surface area (Å²) in [6.07, 6.45) is 2.81. The molecule has 0 radical (unpaired) electrons. The minimum atomic E-state index is 0.714. The highest BCUT2D eigenvalue weighted by Crippen LogP contribution is 2.13. The molecule has 2 rings (SSSR count). The van der Waals surface area contributed by atoms with Gasteiger partial charge in [-0.1, -0.05) is 0 Å². The molecule has 100 valence electrons. The van der Waals surface area contributed by atoms with E-state index in [1.165, 1.54) is 0 Å². The van der Waals surface area contributed by atoms with Crippen LogP contribution in [0.3, 0.4) is 0 Å². The van der Waals surface area contributed by atoms with Crippen LogP contribution >= 0.6 is 0 Å². The van der Waals surface area contributed by atoms with Crippen molar-refractivity contribution in [3.05, 3.63) is 17.8 Å². The maximum atomic E-state index is 5.67. The smallest absolute Gasteiger partial charge is 0.128 e. The maximum absolute atomic E-state index is 5.67. The molecule has 5 nitrogen and oxygen atoms in total. The summed E-state index contributed by atoms with van der Waals surface area (Å²) in [4.78, 5) is 6.73. The second kappa shape index (κ2) is 6.56. The lowest BCUT2D eigenvalue weighted by molar-refractivity contribution is 0.0378. The summed E-state index contributed by atoms with van der Waals surface area (Å²) in [7, 11) is 0. The van der Waals surface area contributed by atoms with E-state index in [0.717, 1.165) is 57.2 Å². The normalized spacial score (nSPS) is 16.7. The van der Waals surface area contributed by atoms with Crippen molar-refractivity contribution in [3.63, 3.8) is 0 Å². The Bertz CT molecular complexity index is 377. The fraction of sp³-hybridized carbons (Fsp3) is 0.615. The van der Waals surface area contributed by atoms with Crippen molar-refractivity contribution in [1.82, 2.24) is 9.88 Å². The Kier molecular flexibility index (Phi) is 4.78. The fourth-order valence-corrected chi connectivity index (χ4v) is 2.12. The fourth-order valence-electron chi connectivity index (χ4n) is 2.12. The topological polar surface area (TPSA) is 63.4 Å². The van der Waals surface area contributed by atoms with Crippen LogP contribution in [-0.4, -0.2) is 49.3 Å². The van der Waals surface area contributed by atoms with E-state index in [2.05, 4.69) is 15.2 Å². The molecule has 1 saturated heterocycles. The third kappa shape index (κ3) is 3.85. The SMILES string of the molecule is Cc1cc(N)cnc1NCCCN1CCOCC1. The summed E-state index contributed by atoms with van der Waals surface area (Å²) >= 11 is 0. The molecule has 0 bridgehead atoms. The van der Waals surface area contributed by atoms with E-state index >= 15 is 0 Å². The van der Waals surface area contributed by atoms with Crippen LogP contribution in [0.2, 0.25) is 0 Å². The minimum Gasteiger partial charge on any atom is -0.397 e. The lowest BCUT2D eigenvalue weighted by atomic mass is 10.2. The first-order valence-corrected chi connectivity index (χ1v) is 6.52. The number of morpholine rings is 1. The highest BCUT2D eigenvalue weighted by atomic mass is 16.5. The van der Waals surface area contributed by atoms with Gasteiger partial charge in [-0.3, -0.25) is 4.90 Å². The minimum absolute atomic E-state index is 0.714. The first-order chi connectivity index (χ1) is 8.75. The zero-order valence-electron chi connectivity index (χ0n) is 11.0. The third-order valence-electron chi connectivity index (χ3n) is 3.15. The first kappa shape index (κ1) is 13.1. The number of hydrogen-bond acceptors (Lipinski definition) is 5. The highest BCUT2D eigenvalue weighted by molar-refractivity contribution is 5.50. The molecule has 1 aromatic rings. The average molecular weight is 250 g/mol. The predicted octanol–water partition coefficient (Wildman–Crippen LogP) is 1.11. The molecule has 0 aromatic carbocycles. The first-order valence-electron chi connectivity index (χ1n) is 6.52. The molecule has 0 spiro atoms. The Morgan fingerprint density at radius 2 is 2.22 bits per heavy atom. The van der Waals surface area contributed by atoms with Crippen molar-refractivity contribution in [2.75, 3.05) is 50.4 Å². The van der Waals surface area contributed by atoms with E-state index in [1.807, 2.05) is 13.0 Å². The maximum Gasteiger partial charge on any atom is 0.128 e. The zero-order chi connectivity index (χ0) is 12.8. The number of nitrogens with two attached hydrogens (primary N) is 1. The Labute approximate surface area is 108 Å². The monoisotopic (exact) mass is 250 g/mol. The molecule has 2 heterocycles. The number of pyridine rings is 1. The van der Waals surface area contributed by atoms with Crippen molar-refractivity contribution in [2.24, 2.45) is 0 Å². The van der Waals surface area contributed by atoms with Gasteiger partial charge in [0.2, 0.25) is 0 Å². The number of nitrogens with one attached hydrogen (secondary N) is 1. The summed E-state index contributed by atoms with van der Waals surface area (Å²) in [5.74, 6) is 0.936. The van der Waals surface area contributed by atoms with E-state index in [4.69, 9.17) is 10.5 Å². The van der Waals surface area contributed by atoms with Crippen LogP contribution in [0.15, 0.2) is 12.3 Å². The molecule has 3 N–H and O–H groups in total. The molecule has 1 aliphatic rings. The van der Waals surface area contributed by atoms with Crippen LogP contribution < -0.4 is 11.1 Å². The molecule has 0 saturated carbocycles. The number of nitrogen functional groups attached to an aromatic ring is 1. The number of aromatic nitrogens is 1. The van der Waals surface area contributed by atoms with Crippen molar-refractivity contribution < 1.29 is 4.74 Å². The lowest BCUT2D eigenvalue weighted by Crippen LogP contribution is -2.37. The van der Waals surface area contributed by atoms with Gasteiger partial charge in [-0.15, -0.1) is 0 Å². The number of hydrogen-bond donors (Lipinski definition) is 2. The van der Waals surface area contributed by atoms with Gasteiger partial charge in [0.25, 0.3) is 0 Å². The van der Waals surface area contributed by atoms with Crippen LogP contribution in [-0.2, 0) is 4.74 Å². The van der Waals surface area contributed by atoms with Gasteiger partial charge in [-0.25, -0.2) is 4.98 Å². The Hall–Kier alpha value is -1.33. The number of ether oxygens (including phenoxy) is 1. The van der Waals surface area contributed by atoms with Gasteiger partial charge in [0.15, 0.2) is 0 Å². The van der Waals surface area contributed by atoms with Crippen LogP contribution in [0.4, 0.5) is 11.5 Å². The zero-order valence-corrected chi connectivity index (χ0v) is 11.0. The standard InChI is InChI=1S/C13H22N4O/c1-11-9-12(14)10-16-13(11)15-3-2-4-17-5-7-18-8-6-17/h9-10H,2-8,14H2,1H3,(H,15,16). The molecule has 0 aliphatic carbocycles. The molecular weight excluding hydrogens is 228 g/mol. The second-order valence-electron chi connectivity index (χ2n) is 4.67. The van der Waals surface area contributed by atoms with E-state index < -0.39 is 0 Å². The number of nitrogens with zero attached hydrogens (tertiary/aromatic N) is 2. The summed E-state index contributed by atoms with van der Waals surface area (Å²) in [5, 5.41) is 3.36. The molecule has 1 aliphatic heterocycles. The molecule has 0 amide bonds. The van der Waals surface area contributed by atoms with Gasteiger partial charge >= 0.3 is 0 Å².